The van der Waals surface area contributed by atoms with Crippen LogP contribution in [-0.4, -0.2) is 36.3 Å². The molecule has 0 saturated heterocycles. The fourth-order valence-electron chi connectivity index (χ4n) is 1.73. The van der Waals surface area contributed by atoms with Crippen molar-refractivity contribution in [2.75, 3.05) is 30.9 Å². The zero-order valence-corrected chi connectivity index (χ0v) is 13.5. The number of hydrogen-bond donors (Lipinski definition) is 2. The highest BCUT2D eigenvalue weighted by Crippen LogP contribution is 2.21. The van der Waals surface area contributed by atoms with E-state index in [1.165, 1.54) is 0 Å². The molecule has 0 saturated carbocycles. The number of rotatable bonds is 9. The Balaban J connectivity index is 2.73. The van der Waals surface area contributed by atoms with Crippen LogP contribution in [0.4, 0.5) is 11.8 Å². The number of aromatic nitrogens is 2. The van der Waals surface area contributed by atoms with Gasteiger partial charge in [-0.1, -0.05) is 20.3 Å². The number of anilines is 2. The highest BCUT2D eigenvalue weighted by molar-refractivity contribution is 9.10. The van der Waals surface area contributed by atoms with E-state index in [0.717, 1.165) is 36.1 Å². The van der Waals surface area contributed by atoms with Crippen LogP contribution in [-0.2, 0) is 4.74 Å². The van der Waals surface area contributed by atoms with E-state index in [-0.39, 0.29) is 6.04 Å². The molecule has 1 heterocycles. The Kier molecular flexibility index (Phi) is 7.74. The Morgan fingerprint density at radius 3 is 2.79 bits per heavy atom. The van der Waals surface area contributed by atoms with Gasteiger partial charge in [-0.05, 0) is 28.8 Å². The average molecular weight is 331 g/mol. The topological polar surface area (TPSA) is 59.1 Å². The SMILES string of the molecule is CCCNc1ncc(Br)c(NC(CCC)COC)n1. The molecule has 0 spiro atoms. The molecule has 1 atom stereocenters. The van der Waals surface area contributed by atoms with Crippen molar-refractivity contribution >= 4 is 27.7 Å². The van der Waals surface area contributed by atoms with Gasteiger partial charge in [0, 0.05) is 19.9 Å². The van der Waals surface area contributed by atoms with Crippen LogP contribution in [0.5, 0.6) is 0 Å². The fourth-order valence-corrected chi connectivity index (χ4v) is 2.04. The van der Waals surface area contributed by atoms with Crippen LogP contribution in [0.1, 0.15) is 33.1 Å². The van der Waals surface area contributed by atoms with Gasteiger partial charge in [-0.2, -0.15) is 4.98 Å². The van der Waals surface area contributed by atoms with Gasteiger partial charge < -0.3 is 15.4 Å². The minimum Gasteiger partial charge on any atom is -0.383 e. The summed E-state index contributed by atoms with van der Waals surface area (Å²) < 4.78 is 6.09. The fraction of sp³-hybridized carbons (Fsp3) is 0.692. The molecule has 0 aromatic carbocycles. The van der Waals surface area contributed by atoms with Crippen LogP contribution in [0.2, 0.25) is 0 Å². The molecule has 0 bridgehead atoms. The first kappa shape index (κ1) is 16.2. The molecule has 1 unspecified atom stereocenters. The van der Waals surface area contributed by atoms with Gasteiger partial charge in [0.05, 0.1) is 17.1 Å². The summed E-state index contributed by atoms with van der Waals surface area (Å²) in [5.41, 5.74) is 0. The van der Waals surface area contributed by atoms with Gasteiger partial charge >= 0.3 is 0 Å². The molecule has 2 N–H and O–H groups in total. The Morgan fingerprint density at radius 1 is 1.37 bits per heavy atom. The van der Waals surface area contributed by atoms with Crippen molar-refractivity contribution in [3.05, 3.63) is 10.7 Å². The molecule has 0 fully saturated rings. The maximum atomic E-state index is 5.23. The second-order valence-electron chi connectivity index (χ2n) is 4.40. The molecule has 0 aliphatic rings. The van der Waals surface area contributed by atoms with Crippen molar-refractivity contribution in [2.24, 2.45) is 0 Å². The Hall–Kier alpha value is -0.880. The predicted octanol–water partition coefficient (Wildman–Crippen LogP) is 3.29. The second kappa shape index (κ2) is 9.09. The summed E-state index contributed by atoms with van der Waals surface area (Å²) in [5.74, 6) is 1.46. The summed E-state index contributed by atoms with van der Waals surface area (Å²) in [6, 6.07) is 0.264. The number of ether oxygens (including phenoxy) is 1. The third-order valence-corrected chi connectivity index (χ3v) is 3.20. The molecule has 1 aromatic heterocycles. The number of halogens is 1. The van der Waals surface area contributed by atoms with Gasteiger partial charge in [-0.3, -0.25) is 0 Å². The number of methoxy groups -OCH3 is 1. The maximum Gasteiger partial charge on any atom is 0.224 e. The van der Waals surface area contributed by atoms with Gasteiger partial charge in [0.15, 0.2) is 0 Å². The zero-order valence-electron chi connectivity index (χ0n) is 11.9. The van der Waals surface area contributed by atoms with Crippen LogP contribution in [0.3, 0.4) is 0 Å². The number of nitrogens with one attached hydrogen (secondary N) is 2. The van der Waals surface area contributed by atoms with E-state index in [1.807, 2.05) is 0 Å². The minimum absolute atomic E-state index is 0.264. The molecular weight excluding hydrogens is 308 g/mol. The molecule has 0 aliphatic heterocycles. The van der Waals surface area contributed by atoms with Crippen molar-refractivity contribution in [3.63, 3.8) is 0 Å². The van der Waals surface area contributed by atoms with Crippen molar-refractivity contribution in [1.82, 2.24) is 9.97 Å². The smallest absolute Gasteiger partial charge is 0.224 e. The average Bonchev–Trinajstić information content (AvgIpc) is 2.40. The summed E-state index contributed by atoms with van der Waals surface area (Å²) in [6.45, 7) is 5.81. The van der Waals surface area contributed by atoms with Crippen molar-refractivity contribution in [1.29, 1.82) is 0 Å². The third-order valence-electron chi connectivity index (χ3n) is 2.62. The van der Waals surface area contributed by atoms with Crippen LogP contribution in [0.15, 0.2) is 10.7 Å². The van der Waals surface area contributed by atoms with Gasteiger partial charge in [0.25, 0.3) is 0 Å². The van der Waals surface area contributed by atoms with E-state index >= 15 is 0 Å². The summed E-state index contributed by atoms with van der Waals surface area (Å²) in [4.78, 5) is 8.71. The highest BCUT2D eigenvalue weighted by Gasteiger charge is 2.11. The molecule has 0 aliphatic carbocycles. The molecule has 1 aromatic rings. The van der Waals surface area contributed by atoms with Crippen LogP contribution >= 0.6 is 15.9 Å². The van der Waals surface area contributed by atoms with Gasteiger partial charge in [-0.15, -0.1) is 0 Å². The lowest BCUT2D eigenvalue weighted by Crippen LogP contribution is -2.25. The number of nitrogens with zero attached hydrogens (tertiary/aromatic N) is 2. The van der Waals surface area contributed by atoms with E-state index in [4.69, 9.17) is 4.74 Å². The van der Waals surface area contributed by atoms with E-state index in [0.29, 0.717) is 12.6 Å². The van der Waals surface area contributed by atoms with E-state index < -0.39 is 0 Å². The molecule has 19 heavy (non-hydrogen) atoms. The largest absolute Gasteiger partial charge is 0.383 e. The minimum atomic E-state index is 0.264. The lowest BCUT2D eigenvalue weighted by atomic mass is 10.2. The maximum absolute atomic E-state index is 5.23. The van der Waals surface area contributed by atoms with Gasteiger partial charge in [-0.25, -0.2) is 4.98 Å². The lowest BCUT2D eigenvalue weighted by molar-refractivity contribution is 0.182. The molecule has 0 radical (unpaired) electrons. The van der Waals surface area contributed by atoms with E-state index in [1.54, 1.807) is 13.3 Å². The first-order valence-corrected chi connectivity index (χ1v) is 7.52. The molecule has 0 amide bonds. The Labute approximate surface area is 123 Å². The normalized spacial score (nSPS) is 12.2. The zero-order chi connectivity index (χ0) is 14.1. The van der Waals surface area contributed by atoms with Crippen molar-refractivity contribution in [2.45, 2.75) is 39.2 Å². The third kappa shape index (κ3) is 5.74. The standard InChI is InChI=1S/C13H23BrN4O/c1-4-6-10(9-19-3)17-12-11(14)8-16-13(18-12)15-7-5-2/h8,10H,4-7,9H2,1-3H3,(H2,15,16,17,18). The molecule has 5 nitrogen and oxygen atoms in total. The van der Waals surface area contributed by atoms with Crippen molar-refractivity contribution < 1.29 is 4.74 Å². The molecule has 1 rings (SSSR count). The molecule has 108 valence electrons. The van der Waals surface area contributed by atoms with Crippen LogP contribution in [0.25, 0.3) is 0 Å². The summed E-state index contributed by atoms with van der Waals surface area (Å²) in [5, 5.41) is 6.59. The lowest BCUT2D eigenvalue weighted by Gasteiger charge is -2.19. The van der Waals surface area contributed by atoms with E-state index in [2.05, 4.69) is 50.4 Å². The summed E-state index contributed by atoms with van der Waals surface area (Å²) >= 11 is 3.47. The number of hydrogen-bond acceptors (Lipinski definition) is 5. The Bertz CT molecular complexity index is 370. The van der Waals surface area contributed by atoms with E-state index in [9.17, 15) is 0 Å². The highest BCUT2D eigenvalue weighted by atomic mass is 79.9. The summed E-state index contributed by atoms with van der Waals surface area (Å²) in [7, 11) is 1.72. The summed E-state index contributed by atoms with van der Waals surface area (Å²) in [6.07, 6.45) is 4.96. The van der Waals surface area contributed by atoms with Gasteiger partial charge in [0.1, 0.15) is 5.82 Å². The van der Waals surface area contributed by atoms with Crippen molar-refractivity contribution in [3.8, 4) is 0 Å². The van der Waals surface area contributed by atoms with Crippen LogP contribution < -0.4 is 10.6 Å². The predicted molar refractivity (Wildman–Crippen MR) is 82.7 cm³/mol. The first-order valence-electron chi connectivity index (χ1n) is 6.73. The monoisotopic (exact) mass is 330 g/mol. The quantitative estimate of drug-likeness (QED) is 0.727. The molecular formula is C13H23BrN4O. The second-order valence-corrected chi connectivity index (χ2v) is 5.26. The van der Waals surface area contributed by atoms with Crippen LogP contribution in [0, 0.1) is 0 Å². The molecule has 6 heteroatoms. The van der Waals surface area contributed by atoms with Gasteiger partial charge in [0.2, 0.25) is 5.95 Å². The first-order chi connectivity index (χ1) is 9.21. The Morgan fingerprint density at radius 2 is 2.16 bits per heavy atom.